The monoisotopic (exact) mass is 1200 g/mol. The second-order valence-electron chi connectivity index (χ2n) is 18.6. The maximum Gasteiger partial charge on any atom is 0.373 e. The van der Waals surface area contributed by atoms with Crippen molar-refractivity contribution in [2.75, 3.05) is 19.8 Å². The number of H-pyrrole nitrogens is 2. The topological polar surface area (TPSA) is 304 Å². The Kier molecular flexibility index (Phi) is 28.8. The van der Waals surface area contributed by atoms with E-state index in [1.165, 1.54) is 47.0 Å². The first kappa shape index (κ1) is 71.0. The summed E-state index contributed by atoms with van der Waals surface area (Å²) >= 11 is 11.5. The van der Waals surface area contributed by atoms with Crippen LogP contribution in [0.1, 0.15) is 134 Å². The largest absolute Gasteiger partial charge is 0.478 e. The molecule has 2 aliphatic rings. The number of aromatic nitrogens is 8. The molecule has 1 aromatic carbocycles. The number of halogens is 4. The molecule has 0 spiro atoms. The lowest BCUT2D eigenvalue weighted by atomic mass is 10.0. The number of hydrogen-bond donors (Lipinski definition) is 3. The highest BCUT2D eigenvalue weighted by Crippen LogP contribution is 2.28. The van der Waals surface area contributed by atoms with Crippen molar-refractivity contribution in [1.29, 1.82) is 0 Å². The van der Waals surface area contributed by atoms with E-state index in [1.54, 1.807) is 42.7 Å². The molecule has 0 bridgehead atoms. The van der Waals surface area contributed by atoms with Crippen LogP contribution in [-0.2, 0) is 38.1 Å². The molecule has 6 aromatic heterocycles. The predicted molar refractivity (Wildman–Crippen MR) is 307 cm³/mol. The Morgan fingerprint density at radius 2 is 1.13 bits per heavy atom. The van der Waals surface area contributed by atoms with E-state index in [9.17, 15) is 42.3 Å². The van der Waals surface area contributed by atoms with Crippen LogP contribution in [0, 0.1) is 25.5 Å². The molecule has 26 heteroatoms. The highest BCUT2D eigenvalue weighted by atomic mass is 35.5. The lowest BCUT2D eigenvalue weighted by Crippen LogP contribution is -2.32. The smallest absolute Gasteiger partial charge is 0.373 e. The van der Waals surface area contributed by atoms with Crippen LogP contribution in [-0.4, -0.2) is 106 Å². The van der Waals surface area contributed by atoms with E-state index in [4.69, 9.17) is 52.1 Å². The molecule has 2 saturated heterocycles. The maximum atomic E-state index is 13.7. The number of nitrogens with zero attached hydrogens (tertiary/aromatic N) is 6. The molecule has 2 unspecified atom stereocenters. The number of carbonyl (C=O) groups is 3. The van der Waals surface area contributed by atoms with Crippen molar-refractivity contribution in [3.63, 3.8) is 0 Å². The molecule has 22 nitrogen and oxygen atoms in total. The minimum Gasteiger partial charge on any atom is -0.478 e. The zero-order chi connectivity index (χ0) is 60.2. The number of rotatable bonds is 9. The molecule has 3 N–H and O–H groups in total. The van der Waals surface area contributed by atoms with E-state index < -0.39 is 75.1 Å². The number of pyridine rings is 4. The molecule has 0 amide bonds. The lowest BCUT2D eigenvalue weighted by molar-refractivity contribution is -0.191. The number of nitrogens with one attached hydrogen (secondary N) is 2. The van der Waals surface area contributed by atoms with Crippen molar-refractivity contribution in [2.24, 2.45) is 0 Å². The van der Waals surface area contributed by atoms with Gasteiger partial charge in [0.15, 0.2) is 33.2 Å². The molecule has 83 heavy (non-hydrogen) atoms. The summed E-state index contributed by atoms with van der Waals surface area (Å²) in [6.07, 6.45) is 8.20. The highest BCUT2D eigenvalue weighted by Gasteiger charge is 2.24. The molecule has 8 heterocycles. The molecular formula is C57H68Cl2F2N8O14. The molecule has 7 aromatic rings. The number of aryl methyl sites for hydroxylation is 2. The molecule has 448 valence electrons. The number of carbonyl (C=O) groups excluding carboxylic acids is 4. The second-order valence-corrected chi connectivity index (χ2v) is 19.3. The fourth-order valence-corrected chi connectivity index (χ4v) is 8.12. The highest BCUT2D eigenvalue weighted by molar-refractivity contribution is 6.30. The molecule has 0 radical (unpaired) electrons. The average molecular weight is 1200 g/mol. The zero-order valence-corrected chi connectivity index (χ0v) is 47.1. The van der Waals surface area contributed by atoms with Crippen LogP contribution >= 0.6 is 23.2 Å². The average Bonchev–Trinajstić information content (AvgIpc) is 4.27. The van der Waals surface area contributed by atoms with Gasteiger partial charge in [-0.15, -0.1) is 0 Å². The summed E-state index contributed by atoms with van der Waals surface area (Å²) in [6.45, 7) is 18.1. The predicted octanol–water partition coefficient (Wildman–Crippen LogP) is 9.31. The molecular weight excluding hydrogens is 1130 g/mol. The van der Waals surface area contributed by atoms with E-state index >= 15 is 0 Å². The van der Waals surface area contributed by atoms with Gasteiger partial charge in [-0.25, -0.2) is 47.1 Å². The molecule has 9 rings (SSSR count). The molecule has 0 aliphatic carbocycles. The first-order chi connectivity index (χ1) is 38.3. The summed E-state index contributed by atoms with van der Waals surface area (Å²) in [5.74, 6) is -4.41. The van der Waals surface area contributed by atoms with E-state index in [0.29, 0.717) is 40.5 Å². The van der Waals surface area contributed by atoms with Gasteiger partial charge in [-0.05, 0) is 113 Å². The van der Waals surface area contributed by atoms with Crippen LogP contribution in [0.2, 0.25) is 10.3 Å². The third kappa shape index (κ3) is 19.8. The fourth-order valence-electron chi connectivity index (χ4n) is 7.85. The number of aromatic amines is 2. The minimum absolute atomic E-state index is 0. The quantitative estimate of drug-likeness (QED) is 0.0895. The van der Waals surface area contributed by atoms with E-state index in [1.807, 2.05) is 41.5 Å². The minimum atomic E-state index is -1.49. The van der Waals surface area contributed by atoms with Gasteiger partial charge in [0.25, 0.3) is 11.1 Å². The summed E-state index contributed by atoms with van der Waals surface area (Å²) in [5.41, 5.74) is 1.36. The van der Waals surface area contributed by atoms with E-state index in [0.717, 1.165) is 43.4 Å². The fraction of sp³-hybridized carbons (Fsp3) is 0.404. The van der Waals surface area contributed by atoms with E-state index in [2.05, 4.69) is 48.5 Å². The number of hydrogen-bond acceptors (Lipinski definition) is 17. The summed E-state index contributed by atoms with van der Waals surface area (Å²) in [6, 6.07) is 13.5. The van der Waals surface area contributed by atoms with Gasteiger partial charge in [-0.2, -0.15) is 9.59 Å². The third-order valence-electron chi connectivity index (χ3n) is 11.7. The Labute approximate surface area is 486 Å². The summed E-state index contributed by atoms with van der Waals surface area (Å²) in [5, 5.41) is 7.80. The van der Waals surface area contributed by atoms with Crippen LogP contribution in [0.5, 0.6) is 0 Å². The standard InChI is InChI=1S/2C16H14ClFN4O2.C12H12O6.2C5H10O.CO2.2CH4/c2*1-7(2)11-12(8(3)4-5-19-11)22-14-9(15(23)21-16(22)24)6-10(18)13(17)20-14;1-8(13)18-10(11(14)15)7-17-12(16)9-5-3-2-4-6-9;2*1-5-3-2-4-6-5;2-1-3;;/h2*4-7H,1-3H3,(H,21,23,24);2-6,10H,7H2,1H3,(H,14,15);2*5H,2-4H2,1H3;;2*1H4/t;;10-;;;;;/m..0...../s1. The third-order valence-corrected chi connectivity index (χ3v) is 12.2. The Bertz CT molecular complexity index is 3430. The van der Waals surface area contributed by atoms with Gasteiger partial charge in [0.2, 0.25) is 6.10 Å². The zero-order valence-electron chi connectivity index (χ0n) is 45.6. The first-order valence-electron chi connectivity index (χ1n) is 25.1. The molecule has 0 saturated carbocycles. The Balaban J connectivity index is 0.000000375. The number of benzene rings is 1. The van der Waals surface area contributed by atoms with Crippen molar-refractivity contribution >= 4 is 69.3 Å². The Morgan fingerprint density at radius 1 is 0.735 bits per heavy atom. The first-order valence-corrected chi connectivity index (χ1v) is 25.9. The molecule has 2 aliphatic heterocycles. The van der Waals surface area contributed by atoms with Crippen molar-refractivity contribution < 1.29 is 56.8 Å². The number of aliphatic carboxylic acids is 1. The molecule has 2 fully saturated rings. The van der Waals surface area contributed by atoms with Gasteiger partial charge in [0, 0.05) is 32.5 Å². The van der Waals surface area contributed by atoms with Gasteiger partial charge in [0.05, 0.1) is 51.3 Å². The van der Waals surface area contributed by atoms with Crippen molar-refractivity contribution in [2.45, 2.75) is 133 Å². The van der Waals surface area contributed by atoms with Gasteiger partial charge >= 0.3 is 35.4 Å². The van der Waals surface area contributed by atoms with Crippen molar-refractivity contribution in [3.05, 3.63) is 159 Å². The van der Waals surface area contributed by atoms with E-state index in [-0.39, 0.29) is 54.9 Å². The molecule has 3 atom stereocenters. The van der Waals surface area contributed by atoms with Crippen LogP contribution in [0.15, 0.2) is 86.2 Å². The maximum absolute atomic E-state index is 13.7. The Hall–Kier alpha value is -8.15. The Morgan fingerprint density at radius 3 is 1.45 bits per heavy atom. The number of carboxylic acid groups (broad SMARTS) is 1. The normalized spacial score (nSPS) is 14.2. The summed E-state index contributed by atoms with van der Waals surface area (Å²) in [7, 11) is 0. The van der Waals surface area contributed by atoms with Crippen molar-refractivity contribution in [3.8, 4) is 11.4 Å². The summed E-state index contributed by atoms with van der Waals surface area (Å²) in [4.78, 5) is 119. The number of ether oxygens (including phenoxy) is 4. The second kappa shape index (κ2) is 33.7. The van der Waals surface area contributed by atoms with Gasteiger partial charge in [-0.3, -0.25) is 34.3 Å². The number of fused-ring (bicyclic) bond motifs is 2. The van der Waals surface area contributed by atoms with Crippen LogP contribution in [0.3, 0.4) is 0 Å². The van der Waals surface area contributed by atoms with Crippen molar-refractivity contribution in [1.82, 2.24) is 39.0 Å². The lowest BCUT2D eigenvalue weighted by Gasteiger charge is -2.17. The number of esters is 2. The number of carboxylic acids is 1. The van der Waals surface area contributed by atoms with Crippen LogP contribution in [0.25, 0.3) is 33.4 Å². The van der Waals surface area contributed by atoms with Gasteiger partial charge in [0.1, 0.15) is 6.61 Å². The van der Waals surface area contributed by atoms with Gasteiger partial charge in [-0.1, -0.05) is 83.9 Å². The van der Waals surface area contributed by atoms with Gasteiger partial charge < -0.3 is 24.1 Å². The summed E-state index contributed by atoms with van der Waals surface area (Å²) < 4.78 is 49.4. The SMILES string of the molecule is C.C.CC(=O)O[C@@H](COC(=O)c1ccccc1)C(=O)O.CC1CCCO1.CC1CCCO1.Cc1ccnc(C(C)C)c1-n1c(=O)[nH]c(=O)c2cc(F)c(Cl)nc21.Cc1ccnc(C(C)C)c1-n1c(=O)[nH]c(=O)c2cc(F)c(Cl)nc21.O=C=O. The van der Waals surface area contributed by atoms with Crippen LogP contribution < -0.4 is 22.5 Å². The van der Waals surface area contributed by atoms with Crippen LogP contribution in [0.4, 0.5) is 8.78 Å².